The normalized spacial score (nSPS) is 11.5. The van der Waals surface area contributed by atoms with Crippen molar-refractivity contribution in [3.63, 3.8) is 0 Å². The van der Waals surface area contributed by atoms with E-state index in [2.05, 4.69) is 10.6 Å². The summed E-state index contributed by atoms with van der Waals surface area (Å²) >= 11 is 1.25. The van der Waals surface area contributed by atoms with Gasteiger partial charge in [0.05, 0.1) is 33.3 Å². The summed E-state index contributed by atoms with van der Waals surface area (Å²) in [6, 6.07) is 19.0. The van der Waals surface area contributed by atoms with Gasteiger partial charge >= 0.3 is 11.9 Å². The minimum Gasteiger partial charge on any atom is -0.478 e. The van der Waals surface area contributed by atoms with E-state index < -0.39 is 28.7 Å². The van der Waals surface area contributed by atoms with Gasteiger partial charge in [-0.25, -0.2) is 14.3 Å². The zero-order valence-corrected chi connectivity index (χ0v) is 23.8. The number of amides is 2. The van der Waals surface area contributed by atoms with Crippen LogP contribution in [0.4, 0.5) is 11.4 Å². The smallest absolute Gasteiger partial charge is 0.336 e. The predicted molar refractivity (Wildman–Crippen MR) is 159 cm³/mol. The van der Waals surface area contributed by atoms with Crippen molar-refractivity contribution in [1.82, 2.24) is 9.36 Å². The molecule has 4 rings (SSSR count). The lowest BCUT2D eigenvalue weighted by Crippen LogP contribution is -2.28. The molecule has 0 radical (unpaired) electrons. The van der Waals surface area contributed by atoms with Gasteiger partial charge in [-0.05, 0) is 61.9 Å². The molecular weight excluding hydrogens is 560 g/mol. The van der Waals surface area contributed by atoms with Gasteiger partial charge in [-0.3, -0.25) is 19.1 Å². The van der Waals surface area contributed by atoms with Crippen molar-refractivity contribution in [3.8, 4) is 5.69 Å². The lowest BCUT2D eigenvalue weighted by atomic mass is 10.0. The highest BCUT2D eigenvalue weighted by molar-refractivity contribution is 8.00. The minimum absolute atomic E-state index is 0.189. The van der Waals surface area contributed by atoms with Crippen LogP contribution in [0, 0.1) is 6.92 Å². The first-order chi connectivity index (χ1) is 20.0. The summed E-state index contributed by atoms with van der Waals surface area (Å²) in [4.78, 5) is 62.9. The standard InChI is InChI=1S/C30H28N4O7S/c1-4-24(27(36)32-25-17(2)33(3)34(28(25)37)20-10-6-5-7-11-20)42-21-12-8-9-19(16-21)31-26(35)22-14-13-18(29(38)39)15-23(22)30(40)41/h5-16,24H,4H2,1-3H3,(H,31,35)(H,32,36)(H,38,39)(H,40,41). The molecule has 0 aliphatic heterocycles. The van der Waals surface area contributed by atoms with Crippen LogP contribution in [0.5, 0.6) is 0 Å². The second kappa shape index (κ2) is 12.6. The number of carboxylic acid groups (broad SMARTS) is 2. The lowest BCUT2D eigenvalue weighted by Gasteiger charge is -2.15. The zero-order valence-electron chi connectivity index (χ0n) is 23.0. The molecule has 0 bridgehead atoms. The highest BCUT2D eigenvalue weighted by Crippen LogP contribution is 2.29. The second-order valence-corrected chi connectivity index (χ2v) is 10.6. The number of aromatic nitrogens is 2. The Bertz CT molecular complexity index is 1740. The van der Waals surface area contributed by atoms with Crippen LogP contribution >= 0.6 is 11.8 Å². The molecule has 4 N–H and O–H groups in total. The largest absolute Gasteiger partial charge is 0.478 e. The van der Waals surface area contributed by atoms with E-state index in [1.807, 2.05) is 25.1 Å². The number of thioether (sulfide) groups is 1. The van der Waals surface area contributed by atoms with Crippen LogP contribution in [-0.4, -0.2) is 48.6 Å². The number of para-hydroxylation sites is 1. The van der Waals surface area contributed by atoms with E-state index in [-0.39, 0.29) is 28.3 Å². The number of nitrogens with one attached hydrogen (secondary N) is 2. The number of carbonyl (C=O) groups is 4. The molecule has 0 saturated carbocycles. The summed E-state index contributed by atoms with van der Waals surface area (Å²) < 4.78 is 3.16. The van der Waals surface area contributed by atoms with Gasteiger partial charge in [0.25, 0.3) is 11.5 Å². The third-order valence-corrected chi connectivity index (χ3v) is 7.94. The number of benzene rings is 3. The van der Waals surface area contributed by atoms with E-state index >= 15 is 0 Å². The van der Waals surface area contributed by atoms with Gasteiger partial charge in [0, 0.05) is 17.6 Å². The lowest BCUT2D eigenvalue weighted by molar-refractivity contribution is -0.115. The van der Waals surface area contributed by atoms with E-state index in [0.29, 0.717) is 28.4 Å². The van der Waals surface area contributed by atoms with E-state index in [1.54, 1.807) is 55.1 Å². The number of hydrogen-bond donors (Lipinski definition) is 4. The fraction of sp³-hybridized carbons (Fsp3) is 0.167. The molecule has 0 aliphatic rings. The van der Waals surface area contributed by atoms with Crippen LogP contribution in [0.1, 0.15) is 50.1 Å². The average molecular weight is 589 g/mol. The average Bonchev–Trinajstić information content (AvgIpc) is 3.18. The van der Waals surface area contributed by atoms with Gasteiger partial charge in [0.2, 0.25) is 5.91 Å². The van der Waals surface area contributed by atoms with Gasteiger partial charge in [0.1, 0.15) is 5.69 Å². The minimum atomic E-state index is -1.44. The van der Waals surface area contributed by atoms with Gasteiger partial charge in [0.15, 0.2) is 0 Å². The monoisotopic (exact) mass is 588 g/mol. The summed E-state index contributed by atoms with van der Waals surface area (Å²) in [6.45, 7) is 3.60. The van der Waals surface area contributed by atoms with Crippen molar-refractivity contribution >= 4 is 46.9 Å². The van der Waals surface area contributed by atoms with Crippen molar-refractivity contribution in [2.45, 2.75) is 30.4 Å². The summed E-state index contributed by atoms with van der Waals surface area (Å²) in [7, 11) is 1.74. The summed E-state index contributed by atoms with van der Waals surface area (Å²) in [5.41, 5.74) is 0.560. The van der Waals surface area contributed by atoms with Crippen LogP contribution in [0.15, 0.2) is 82.5 Å². The molecule has 1 unspecified atom stereocenters. The van der Waals surface area contributed by atoms with Crippen molar-refractivity contribution in [1.29, 1.82) is 0 Å². The molecule has 216 valence electrons. The molecule has 4 aromatic rings. The fourth-order valence-electron chi connectivity index (χ4n) is 4.30. The summed E-state index contributed by atoms with van der Waals surface area (Å²) in [5, 5.41) is 23.5. The SMILES string of the molecule is CCC(Sc1cccc(NC(=O)c2ccc(C(=O)O)cc2C(=O)O)c1)C(=O)Nc1c(C)n(C)n(-c2ccccc2)c1=O. The van der Waals surface area contributed by atoms with Crippen molar-refractivity contribution in [3.05, 3.63) is 106 Å². The Kier molecular flexibility index (Phi) is 8.96. The molecule has 1 atom stereocenters. The quantitative estimate of drug-likeness (QED) is 0.195. The topological polar surface area (TPSA) is 160 Å². The van der Waals surface area contributed by atoms with Gasteiger partial charge in [-0.1, -0.05) is 31.2 Å². The van der Waals surface area contributed by atoms with Gasteiger partial charge in [-0.15, -0.1) is 11.8 Å². The first kappa shape index (κ1) is 29.9. The van der Waals surface area contributed by atoms with Crippen LogP contribution in [0.25, 0.3) is 5.69 Å². The maximum Gasteiger partial charge on any atom is 0.336 e. The van der Waals surface area contributed by atoms with E-state index in [0.717, 1.165) is 18.2 Å². The highest BCUT2D eigenvalue weighted by Gasteiger charge is 2.24. The Morgan fingerprint density at radius 2 is 1.60 bits per heavy atom. The first-order valence-corrected chi connectivity index (χ1v) is 13.7. The third kappa shape index (κ3) is 6.28. The molecule has 0 aliphatic carbocycles. The molecule has 11 nitrogen and oxygen atoms in total. The number of anilines is 2. The summed E-state index contributed by atoms with van der Waals surface area (Å²) in [6.07, 6.45) is 0.448. The van der Waals surface area contributed by atoms with E-state index in [9.17, 15) is 29.1 Å². The molecular formula is C30H28N4O7S. The number of rotatable bonds is 10. The molecule has 3 aromatic carbocycles. The number of carboxylic acids is 2. The predicted octanol–water partition coefficient (Wildman–Crippen LogP) is 4.64. The number of nitrogens with zero attached hydrogens (tertiary/aromatic N) is 2. The number of carbonyl (C=O) groups excluding carboxylic acids is 2. The Hall–Kier alpha value is -5.10. The highest BCUT2D eigenvalue weighted by atomic mass is 32.2. The van der Waals surface area contributed by atoms with E-state index in [4.69, 9.17) is 5.11 Å². The maximum atomic E-state index is 13.3. The zero-order chi connectivity index (χ0) is 30.6. The molecule has 0 spiro atoms. The molecule has 12 heteroatoms. The molecule has 2 amide bonds. The van der Waals surface area contributed by atoms with Gasteiger partial charge in [-0.2, -0.15) is 0 Å². The Labute approximate surface area is 244 Å². The van der Waals surface area contributed by atoms with Gasteiger partial charge < -0.3 is 20.8 Å². The molecule has 0 saturated heterocycles. The maximum absolute atomic E-state index is 13.3. The third-order valence-electron chi connectivity index (χ3n) is 6.58. The Balaban J connectivity index is 1.51. The van der Waals surface area contributed by atoms with Crippen molar-refractivity contribution in [2.24, 2.45) is 7.05 Å². The Morgan fingerprint density at radius 3 is 2.24 bits per heavy atom. The number of aromatic carboxylic acids is 2. The molecule has 1 heterocycles. The van der Waals surface area contributed by atoms with E-state index in [1.165, 1.54) is 16.4 Å². The fourth-order valence-corrected chi connectivity index (χ4v) is 5.31. The first-order valence-electron chi connectivity index (χ1n) is 12.8. The molecule has 42 heavy (non-hydrogen) atoms. The summed E-state index contributed by atoms with van der Waals surface area (Å²) in [5.74, 6) is -3.83. The van der Waals surface area contributed by atoms with Crippen molar-refractivity contribution < 1.29 is 29.4 Å². The second-order valence-electron chi connectivity index (χ2n) is 9.29. The van der Waals surface area contributed by atoms with Crippen LogP contribution in [0.2, 0.25) is 0 Å². The van der Waals surface area contributed by atoms with Crippen molar-refractivity contribution in [2.75, 3.05) is 10.6 Å². The molecule has 1 aromatic heterocycles. The van der Waals surface area contributed by atoms with Crippen LogP contribution in [-0.2, 0) is 11.8 Å². The number of hydrogen-bond acceptors (Lipinski definition) is 6. The Morgan fingerprint density at radius 1 is 0.881 bits per heavy atom. The molecule has 0 fully saturated rings. The van der Waals surface area contributed by atoms with Crippen LogP contribution in [0.3, 0.4) is 0 Å². The van der Waals surface area contributed by atoms with Crippen LogP contribution < -0.4 is 16.2 Å².